The summed E-state index contributed by atoms with van der Waals surface area (Å²) in [5.74, 6) is 0.358. The van der Waals surface area contributed by atoms with Crippen molar-refractivity contribution in [2.75, 3.05) is 7.11 Å². The molecule has 0 spiro atoms. The molecule has 0 fully saturated rings. The van der Waals surface area contributed by atoms with Gasteiger partial charge in [-0.1, -0.05) is 24.3 Å². The predicted octanol–water partition coefficient (Wildman–Crippen LogP) is 2.60. The van der Waals surface area contributed by atoms with Crippen LogP contribution in [-0.2, 0) is 0 Å². The van der Waals surface area contributed by atoms with Crippen LogP contribution in [0.5, 0.6) is 5.75 Å². The molecule has 1 unspecified atom stereocenters. The lowest BCUT2D eigenvalue weighted by molar-refractivity contribution is -0.358. The predicted molar refractivity (Wildman–Crippen MR) is 81.6 cm³/mol. The maximum atomic E-state index is 12.3. The van der Waals surface area contributed by atoms with Gasteiger partial charge in [0.05, 0.1) is 19.6 Å². The van der Waals surface area contributed by atoms with E-state index < -0.39 is 6.10 Å². The number of Topliss-reactive ketones (excluding diaryl/α,β-unsaturated/α-hetero) is 1. The number of rotatable bonds is 4. The summed E-state index contributed by atoms with van der Waals surface area (Å²) in [7, 11) is 1.56. The molecule has 0 amide bonds. The van der Waals surface area contributed by atoms with Crippen molar-refractivity contribution in [1.82, 2.24) is 0 Å². The molecule has 1 atom stereocenters. The van der Waals surface area contributed by atoms with Gasteiger partial charge < -0.3 is 15.1 Å². The van der Waals surface area contributed by atoms with E-state index in [2.05, 4.69) is 0 Å². The third-order valence-electron chi connectivity index (χ3n) is 3.76. The van der Waals surface area contributed by atoms with Crippen LogP contribution in [0.2, 0.25) is 0 Å². The van der Waals surface area contributed by atoms with Gasteiger partial charge in [0.2, 0.25) is 11.4 Å². The Morgan fingerprint density at radius 3 is 2.50 bits per heavy atom. The first-order chi connectivity index (χ1) is 10.6. The highest BCUT2D eigenvalue weighted by molar-refractivity contribution is 6.47. The van der Waals surface area contributed by atoms with Crippen molar-refractivity contribution >= 4 is 17.2 Å². The first-order valence-corrected chi connectivity index (χ1v) is 6.90. The lowest BCUT2D eigenvalue weighted by Gasteiger charge is -2.10. The number of ether oxygens (including phenoxy) is 1. The van der Waals surface area contributed by atoms with Gasteiger partial charge in [-0.05, 0) is 23.8 Å². The van der Waals surface area contributed by atoms with E-state index in [0.29, 0.717) is 27.3 Å². The van der Waals surface area contributed by atoms with Gasteiger partial charge in [-0.2, -0.15) is 4.74 Å². The maximum absolute atomic E-state index is 12.3. The van der Waals surface area contributed by atoms with E-state index in [1.807, 2.05) is 0 Å². The van der Waals surface area contributed by atoms with E-state index in [9.17, 15) is 15.1 Å². The standard InChI is InChI=1S/C17H15NO4/c1-22-12-8-6-11(7-9-12)16(19)10-15-17(20)13-4-2-3-5-14(13)18(15)21/h2-9,16,19H,10H2,1H3. The molecule has 0 bridgehead atoms. The van der Waals surface area contributed by atoms with Gasteiger partial charge in [0.1, 0.15) is 11.3 Å². The number of benzene rings is 2. The molecule has 0 aromatic heterocycles. The quantitative estimate of drug-likeness (QED) is 0.695. The number of para-hydroxylation sites is 1. The Labute approximate surface area is 127 Å². The normalized spacial score (nSPS) is 14.9. The van der Waals surface area contributed by atoms with Gasteiger partial charge in [0.15, 0.2) is 0 Å². The molecule has 1 heterocycles. The van der Waals surface area contributed by atoms with E-state index in [0.717, 1.165) is 0 Å². The van der Waals surface area contributed by atoms with E-state index in [1.54, 1.807) is 55.6 Å². The zero-order chi connectivity index (χ0) is 15.7. The van der Waals surface area contributed by atoms with Crippen LogP contribution in [0, 0.1) is 5.21 Å². The molecule has 22 heavy (non-hydrogen) atoms. The Balaban J connectivity index is 1.84. The first kappa shape index (κ1) is 14.3. The Morgan fingerprint density at radius 2 is 1.86 bits per heavy atom. The molecule has 5 heteroatoms. The lowest BCUT2D eigenvalue weighted by atomic mass is 10.00. The van der Waals surface area contributed by atoms with Crippen LogP contribution in [0.15, 0.2) is 48.5 Å². The molecule has 1 aliphatic heterocycles. The molecule has 3 rings (SSSR count). The molecular formula is C17H15NO4. The minimum absolute atomic E-state index is 0.0245. The molecule has 0 saturated carbocycles. The van der Waals surface area contributed by atoms with E-state index in [-0.39, 0.29) is 17.9 Å². The first-order valence-electron chi connectivity index (χ1n) is 6.90. The number of ketones is 1. The van der Waals surface area contributed by atoms with E-state index >= 15 is 0 Å². The molecular weight excluding hydrogens is 282 g/mol. The Bertz CT molecular complexity index is 750. The summed E-state index contributed by atoms with van der Waals surface area (Å²) in [6.07, 6.45) is -0.945. The van der Waals surface area contributed by atoms with Crippen LogP contribution in [0.25, 0.3) is 0 Å². The molecule has 5 nitrogen and oxygen atoms in total. The van der Waals surface area contributed by atoms with Crippen LogP contribution in [-0.4, -0.2) is 28.5 Å². The van der Waals surface area contributed by atoms with Gasteiger partial charge >= 0.3 is 0 Å². The van der Waals surface area contributed by atoms with Gasteiger partial charge in [0.25, 0.3) is 5.78 Å². The third kappa shape index (κ3) is 2.35. The van der Waals surface area contributed by atoms with Crippen molar-refractivity contribution in [3.05, 3.63) is 64.9 Å². The number of fused-ring (bicyclic) bond motifs is 1. The van der Waals surface area contributed by atoms with Gasteiger partial charge in [0, 0.05) is 6.07 Å². The summed E-state index contributed by atoms with van der Waals surface area (Å²) >= 11 is 0. The molecule has 1 N–H and O–H groups in total. The van der Waals surface area contributed by atoms with Gasteiger partial charge in [-0.3, -0.25) is 4.79 Å². The van der Waals surface area contributed by atoms with Crippen molar-refractivity contribution in [2.45, 2.75) is 12.5 Å². The zero-order valence-electron chi connectivity index (χ0n) is 12.0. The zero-order valence-corrected chi connectivity index (χ0v) is 12.0. The monoisotopic (exact) mass is 297 g/mol. The summed E-state index contributed by atoms with van der Waals surface area (Å²) in [6.45, 7) is 0. The number of aliphatic hydroxyl groups is 1. The maximum Gasteiger partial charge on any atom is 0.260 e. The van der Waals surface area contributed by atoms with Crippen LogP contribution < -0.4 is 4.74 Å². The SMILES string of the molecule is COc1ccc(C(O)CC2=[N+]([O-])c3ccccc3C2=O)cc1. The average Bonchev–Trinajstić information content (AvgIpc) is 2.80. The molecule has 0 saturated heterocycles. The summed E-state index contributed by atoms with van der Waals surface area (Å²) in [6, 6.07) is 13.5. The summed E-state index contributed by atoms with van der Waals surface area (Å²) in [5, 5.41) is 22.5. The van der Waals surface area contributed by atoms with Crippen molar-refractivity contribution < 1.29 is 19.4 Å². The lowest BCUT2D eigenvalue weighted by Crippen LogP contribution is -2.18. The summed E-state index contributed by atoms with van der Waals surface area (Å²) in [4.78, 5) is 12.3. The molecule has 0 aliphatic carbocycles. The molecule has 112 valence electrons. The van der Waals surface area contributed by atoms with Crippen molar-refractivity contribution in [3.8, 4) is 5.75 Å². The number of carbonyl (C=O) groups is 1. The van der Waals surface area contributed by atoms with E-state index in [1.165, 1.54) is 0 Å². The molecule has 0 radical (unpaired) electrons. The molecule has 2 aromatic rings. The number of hydrogen-bond acceptors (Lipinski definition) is 4. The van der Waals surface area contributed by atoms with Crippen LogP contribution in [0.1, 0.15) is 28.4 Å². The van der Waals surface area contributed by atoms with Crippen molar-refractivity contribution in [2.24, 2.45) is 0 Å². The highest BCUT2D eigenvalue weighted by Crippen LogP contribution is 2.29. The van der Waals surface area contributed by atoms with Gasteiger partial charge in [-0.25, -0.2) is 0 Å². The third-order valence-corrected chi connectivity index (χ3v) is 3.76. The topological polar surface area (TPSA) is 72.6 Å². The number of nitrogens with zero attached hydrogens (tertiary/aromatic N) is 1. The highest BCUT2D eigenvalue weighted by Gasteiger charge is 2.36. The van der Waals surface area contributed by atoms with E-state index in [4.69, 9.17) is 4.74 Å². The average molecular weight is 297 g/mol. The molecule has 2 aromatic carbocycles. The fourth-order valence-electron chi connectivity index (χ4n) is 2.54. The summed E-state index contributed by atoms with van der Waals surface area (Å²) < 4.78 is 5.68. The number of hydrogen-bond donors (Lipinski definition) is 1. The second-order valence-electron chi connectivity index (χ2n) is 5.08. The van der Waals surface area contributed by atoms with Gasteiger partial charge in [-0.15, -0.1) is 0 Å². The largest absolute Gasteiger partial charge is 0.618 e. The highest BCUT2D eigenvalue weighted by atomic mass is 16.5. The smallest absolute Gasteiger partial charge is 0.260 e. The fraction of sp³-hybridized carbons (Fsp3) is 0.176. The van der Waals surface area contributed by atoms with Crippen molar-refractivity contribution in [1.29, 1.82) is 0 Å². The Hall–Kier alpha value is -2.66. The van der Waals surface area contributed by atoms with Crippen LogP contribution in [0.4, 0.5) is 5.69 Å². The summed E-state index contributed by atoms with van der Waals surface area (Å²) in [5.41, 5.74) is 1.41. The Kier molecular flexibility index (Phi) is 3.65. The second kappa shape index (κ2) is 5.61. The second-order valence-corrected chi connectivity index (χ2v) is 5.08. The Morgan fingerprint density at radius 1 is 1.18 bits per heavy atom. The minimum atomic E-state index is -0.921. The minimum Gasteiger partial charge on any atom is -0.618 e. The fourth-order valence-corrected chi connectivity index (χ4v) is 2.54. The van der Waals surface area contributed by atoms with Crippen LogP contribution >= 0.6 is 0 Å². The number of methoxy groups -OCH3 is 1. The number of carbonyl (C=O) groups excluding carboxylic acids is 1. The van der Waals surface area contributed by atoms with Crippen molar-refractivity contribution in [3.63, 3.8) is 0 Å². The molecule has 1 aliphatic rings. The number of aliphatic hydroxyl groups excluding tert-OH is 1. The van der Waals surface area contributed by atoms with Crippen LogP contribution in [0.3, 0.4) is 0 Å².